The maximum atomic E-state index is 12.8. The lowest BCUT2D eigenvalue weighted by Crippen LogP contribution is -1.93. The fourth-order valence-electron chi connectivity index (χ4n) is 1.66. The molecule has 1 N–H and O–H groups in total. The molecule has 1 heterocycles. The molecule has 0 fully saturated rings. The number of halogens is 2. The number of hydrogen-bond donors (Lipinski definition) is 1. The lowest BCUT2D eigenvalue weighted by atomic mass is 10.2. The number of aliphatic hydroxyl groups excluding tert-OH is 1. The average Bonchev–Trinajstić information content (AvgIpc) is 2.59. The van der Waals surface area contributed by atoms with E-state index >= 15 is 0 Å². The number of benzene rings is 1. The first kappa shape index (κ1) is 12.1. The van der Waals surface area contributed by atoms with Crippen LogP contribution >= 0.6 is 11.6 Å². The van der Waals surface area contributed by atoms with Gasteiger partial charge in [0.15, 0.2) is 0 Å². The van der Waals surface area contributed by atoms with Crippen molar-refractivity contribution in [2.24, 2.45) is 7.05 Å². The van der Waals surface area contributed by atoms with Gasteiger partial charge in [0.2, 0.25) is 0 Å². The normalized spacial score (nSPS) is 10.8. The van der Waals surface area contributed by atoms with E-state index in [0.717, 1.165) is 5.56 Å². The Balaban J connectivity index is 2.45. The molecule has 2 rings (SSSR count). The molecule has 0 aliphatic carbocycles. The predicted molar refractivity (Wildman–Crippen MR) is 64.4 cm³/mol. The standard InChI is InChI=1S/C12H12ClFN2O/c1-16-11(13)10(6-7-17)15-12(16)8-2-4-9(14)5-3-8/h2-5,17H,6-7H2,1H3. The average molecular weight is 255 g/mol. The first-order valence-corrected chi connectivity index (χ1v) is 5.59. The van der Waals surface area contributed by atoms with Crippen molar-refractivity contribution in [1.82, 2.24) is 9.55 Å². The van der Waals surface area contributed by atoms with E-state index in [1.54, 1.807) is 23.7 Å². The van der Waals surface area contributed by atoms with Crippen LogP contribution < -0.4 is 0 Å². The van der Waals surface area contributed by atoms with Crippen LogP contribution in [-0.2, 0) is 13.5 Å². The topological polar surface area (TPSA) is 38.0 Å². The molecular formula is C12H12ClFN2O. The summed E-state index contributed by atoms with van der Waals surface area (Å²) in [6, 6.07) is 6.06. The van der Waals surface area contributed by atoms with Gasteiger partial charge in [0, 0.05) is 25.6 Å². The molecule has 0 spiro atoms. The van der Waals surface area contributed by atoms with Crippen molar-refractivity contribution in [3.8, 4) is 11.4 Å². The van der Waals surface area contributed by atoms with Crippen LogP contribution in [0.3, 0.4) is 0 Å². The zero-order valence-electron chi connectivity index (χ0n) is 9.32. The monoisotopic (exact) mass is 254 g/mol. The molecule has 0 bridgehead atoms. The number of rotatable bonds is 3. The molecule has 0 aliphatic rings. The summed E-state index contributed by atoms with van der Waals surface area (Å²) in [7, 11) is 1.79. The summed E-state index contributed by atoms with van der Waals surface area (Å²) in [4.78, 5) is 4.35. The highest BCUT2D eigenvalue weighted by atomic mass is 35.5. The van der Waals surface area contributed by atoms with E-state index < -0.39 is 0 Å². The molecule has 0 atom stereocenters. The number of aromatic nitrogens is 2. The van der Waals surface area contributed by atoms with Crippen LogP contribution in [0.25, 0.3) is 11.4 Å². The minimum absolute atomic E-state index is 0.000406. The van der Waals surface area contributed by atoms with E-state index in [9.17, 15) is 4.39 Å². The third kappa shape index (κ3) is 2.33. The molecule has 0 aliphatic heterocycles. The maximum Gasteiger partial charge on any atom is 0.141 e. The van der Waals surface area contributed by atoms with E-state index in [1.807, 2.05) is 0 Å². The molecule has 17 heavy (non-hydrogen) atoms. The van der Waals surface area contributed by atoms with Gasteiger partial charge in [0.05, 0.1) is 5.69 Å². The van der Waals surface area contributed by atoms with Gasteiger partial charge in [-0.25, -0.2) is 9.37 Å². The minimum atomic E-state index is -0.287. The van der Waals surface area contributed by atoms with Gasteiger partial charge in [-0.1, -0.05) is 11.6 Å². The van der Waals surface area contributed by atoms with Gasteiger partial charge in [-0.2, -0.15) is 0 Å². The van der Waals surface area contributed by atoms with Crippen LogP contribution in [0.1, 0.15) is 5.69 Å². The Morgan fingerprint density at radius 3 is 2.59 bits per heavy atom. The van der Waals surface area contributed by atoms with Crippen molar-refractivity contribution in [3.05, 3.63) is 40.9 Å². The van der Waals surface area contributed by atoms with Crippen molar-refractivity contribution in [3.63, 3.8) is 0 Å². The van der Waals surface area contributed by atoms with Crippen LogP contribution in [0.5, 0.6) is 0 Å². The van der Waals surface area contributed by atoms with Gasteiger partial charge in [0.25, 0.3) is 0 Å². The molecule has 1 aromatic carbocycles. The number of nitrogens with zero attached hydrogens (tertiary/aromatic N) is 2. The molecule has 0 radical (unpaired) electrons. The fraction of sp³-hybridized carbons (Fsp3) is 0.250. The molecule has 5 heteroatoms. The Hall–Kier alpha value is -1.39. The first-order chi connectivity index (χ1) is 8.13. The maximum absolute atomic E-state index is 12.8. The first-order valence-electron chi connectivity index (χ1n) is 5.21. The highest BCUT2D eigenvalue weighted by Crippen LogP contribution is 2.25. The van der Waals surface area contributed by atoms with E-state index in [1.165, 1.54) is 12.1 Å². The van der Waals surface area contributed by atoms with E-state index in [-0.39, 0.29) is 12.4 Å². The van der Waals surface area contributed by atoms with Crippen molar-refractivity contribution in [2.45, 2.75) is 6.42 Å². The second-order valence-electron chi connectivity index (χ2n) is 3.71. The van der Waals surface area contributed by atoms with Crippen molar-refractivity contribution in [2.75, 3.05) is 6.61 Å². The van der Waals surface area contributed by atoms with Gasteiger partial charge >= 0.3 is 0 Å². The number of aliphatic hydroxyl groups is 1. The third-order valence-corrected chi connectivity index (χ3v) is 3.01. The highest BCUT2D eigenvalue weighted by Gasteiger charge is 2.13. The summed E-state index contributed by atoms with van der Waals surface area (Å²) in [6.45, 7) is -0.000406. The summed E-state index contributed by atoms with van der Waals surface area (Å²) >= 11 is 6.09. The quantitative estimate of drug-likeness (QED) is 0.914. The number of hydrogen-bond acceptors (Lipinski definition) is 2. The number of imidazole rings is 1. The van der Waals surface area contributed by atoms with Gasteiger partial charge in [-0.3, -0.25) is 0 Å². The summed E-state index contributed by atoms with van der Waals surface area (Å²) in [5.41, 5.74) is 1.44. The van der Waals surface area contributed by atoms with E-state index in [0.29, 0.717) is 23.1 Å². The lowest BCUT2D eigenvalue weighted by molar-refractivity contribution is 0.298. The largest absolute Gasteiger partial charge is 0.396 e. The minimum Gasteiger partial charge on any atom is -0.396 e. The van der Waals surface area contributed by atoms with Crippen LogP contribution in [0.2, 0.25) is 5.15 Å². The molecule has 0 unspecified atom stereocenters. The summed E-state index contributed by atoms with van der Waals surface area (Å²) in [6.07, 6.45) is 0.411. The van der Waals surface area contributed by atoms with Crippen LogP contribution in [0.4, 0.5) is 4.39 Å². The second kappa shape index (κ2) is 4.85. The summed E-state index contributed by atoms with van der Waals surface area (Å²) in [5, 5.41) is 9.39. The SMILES string of the molecule is Cn1c(-c2ccc(F)cc2)nc(CCO)c1Cl. The molecular weight excluding hydrogens is 243 g/mol. The Bertz CT molecular complexity index is 522. The summed E-state index contributed by atoms with van der Waals surface area (Å²) < 4.78 is 14.5. The van der Waals surface area contributed by atoms with Gasteiger partial charge in [-0.15, -0.1) is 0 Å². The van der Waals surface area contributed by atoms with Crippen molar-refractivity contribution in [1.29, 1.82) is 0 Å². The van der Waals surface area contributed by atoms with Gasteiger partial charge in [0.1, 0.15) is 16.8 Å². The van der Waals surface area contributed by atoms with Crippen LogP contribution in [-0.4, -0.2) is 21.3 Å². The lowest BCUT2D eigenvalue weighted by Gasteiger charge is -2.01. The zero-order valence-corrected chi connectivity index (χ0v) is 10.1. The highest BCUT2D eigenvalue weighted by molar-refractivity contribution is 6.30. The summed E-state index contributed by atoms with van der Waals surface area (Å²) in [5.74, 6) is 0.378. The third-order valence-electron chi connectivity index (χ3n) is 2.54. The fourth-order valence-corrected chi connectivity index (χ4v) is 1.87. The van der Waals surface area contributed by atoms with Gasteiger partial charge in [-0.05, 0) is 24.3 Å². The Labute approximate surface area is 103 Å². The molecule has 0 saturated carbocycles. The van der Waals surface area contributed by atoms with Gasteiger partial charge < -0.3 is 9.67 Å². The van der Waals surface area contributed by atoms with E-state index in [2.05, 4.69) is 4.98 Å². The predicted octanol–water partition coefficient (Wildman–Crippen LogP) is 2.41. The molecule has 3 nitrogen and oxygen atoms in total. The molecule has 2 aromatic rings. The Morgan fingerprint density at radius 1 is 1.35 bits per heavy atom. The Morgan fingerprint density at radius 2 is 2.00 bits per heavy atom. The molecule has 1 aromatic heterocycles. The molecule has 0 saturated heterocycles. The van der Waals surface area contributed by atoms with E-state index in [4.69, 9.17) is 16.7 Å². The zero-order chi connectivity index (χ0) is 12.4. The van der Waals surface area contributed by atoms with Crippen LogP contribution in [0.15, 0.2) is 24.3 Å². The smallest absolute Gasteiger partial charge is 0.141 e. The van der Waals surface area contributed by atoms with Crippen molar-refractivity contribution < 1.29 is 9.50 Å². The molecule has 90 valence electrons. The Kier molecular flexibility index (Phi) is 3.45. The molecule has 0 amide bonds. The van der Waals surface area contributed by atoms with Crippen LogP contribution in [0, 0.1) is 5.82 Å². The second-order valence-corrected chi connectivity index (χ2v) is 4.07. The van der Waals surface area contributed by atoms with Crippen molar-refractivity contribution >= 4 is 11.6 Å².